The van der Waals surface area contributed by atoms with E-state index < -0.39 is 27.9 Å². The zero-order valence-corrected chi connectivity index (χ0v) is 11.5. The summed E-state index contributed by atoms with van der Waals surface area (Å²) in [5, 5.41) is 12.9. The van der Waals surface area contributed by atoms with E-state index in [0.29, 0.717) is 18.6 Å². The Hall–Kier alpha value is -2.58. The van der Waals surface area contributed by atoms with Crippen molar-refractivity contribution in [2.45, 2.75) is 19.3 Å². The van der Waals surface area contributed by atoms with Gasteiger partial charge in [-0.05, 0) is 6.42 Å². The fourth-order valence-corrected chi connectivity index (χ4v) is 2.16. The third-order valence-corrected chi connectivity index (χ3v) is 3.25. The molecular weight excluding hydrogens is 300 g/mol. The molecule has 0 aromatic heterocycles. The summed E-state index contributed by atoms with van der Waals surface area (Å²) in [6, 6.07) is 1.25. The molecule has 0 bridgehead atoms. The number of carbonyl (C=O) groups excluding carboxylic acids is 2. The number of likely N-dealkylation sites (tertiary alicyclic amines) is 1. The van der Waals surface area contributed by atoms with E-state index in [-0.39, 0.29) is 37.7 Å². The minimum atomic E-state index is -1.07. The maximum atomic E-state index is 13.6. The summed E-state index contributed by atoms with van der Waals surface area (Å²) in [5.74, 6) is -2.64. The molecule has 22 heavy (non-hydrogen) atoms. The summed E-state index contributed by atoms with van der Waals surface area (Å²) < 4.78 is 27.2. The Kier molecular flexibility index (Phi) is 4.64. The van der Waals surface area contributed by atoms with Crippen LogP contribution in [0.3, 0.4) is 0 Å². The molecule has 1 fully saturated rings. The number of anilines is 1. The Morgan fingerprint density at radius 1 is 1.18 bits per heavy atom. The van der Waals surface area contributed by atoms with Gasteiger partial charge in [-0.15, -0.1) is 0 Å². The van der Waals surface area contributed by atoms with Gasteiger partial charge in [-0.25, -0.2) is 8.78 Å². The number of benzene rings is 1. The van der Waals surface area contributed by atoms with E-state index in [4.69, 9.17) is 0 Å². The van der Waals surface area contributed by atoms with Gasteiger partial charge < -0.3 is 5.32 Å². The summed E-state index contributed by atoms with van der Waals surface area (Å²) in [6.07, 6.45) is 0.698. The van der Waals surface area contributed by atoms with E-state index in [2.05, 4.69) is 5.32 Å². The molecule has 1 aromatic rings. The largest absolute Gasteiger partial charge is 0.380 e. The highest BCUT2D eigenvalue weighted by atomic mass is 19.1. The second kappa shape index (κ2) is 6.46. The number of halogens is 2. The van der Waals surface area contributed by atoms with Crippen LogP contribution in [0.2, 0.25) is 0 Å². The van der Waals surface area contributed by atoms with E-state index >= 15 is 0 Å². The van der Waals surface area contributed by atoms with Gasteiger partial charge in [-0.2, -0.15) is 0 Å². The molecule has 0 spiro atoms. The van der Waals surface area contributed by atoms with Gasteiger partial charge in [0.1, 0.15) is 5.69 Å². The van der Waals surface area contributed by atoms with E-state index in [9.17, 15) is 28.5 Å². The van der Waals surface area contributed by atoms with Crippen LogP contribution >= 0.6 is 0 Å². The van der Waals surface area contributed by atoms with Gasteiger partial charge in [-0.3, -0.25) is 24.6 Å². The summed E-state index contributed by atoms with van der Waals surface area (Å²) in [5.41, 5.74) is -1.14. The zero-order valence-electron chi connectivity index (χ0n) is 11.5. The van der Waals surface area contributed by atoms with Crippen LogP contribution in [0.1, 0.15) is 19.3 Å². The van der Waals surface area contributed by atoms with Crippen molar-refractivity contribution in [2.75, 3.05) is 18.4 Å². The summed E-state index contributed by atoms with van der Waals surface area (Å²) in [4.78, 5) is 33.4. The van der Waals surface area contributed by atoms with E-state index in [1.54, 1.807) is 0 Å². The minimum Gasteiger partial charge on any atom is -0.380 e. The molecule has 1 aliphatic rings. The molecule has 118 valence electrons. The molecule has 1 aliphatic heterocycles. The number of nitrogens with one attached hydrogen (secondary N) is 1. The molecular formula is C13H13F2N3O4. The molecule has 9 heteroatoms. The lowest BCUT2D eigenvalue weighted by molar-refractivity contribution is -0.385. The first-order chi connectivity index (χ1) is 10.4. The average molecular weight is 313 g/mol. The van der Waals surface area contributed by atoms with E-state index in [1.165, 1.54) is 0 Å². The molecule has 1 saturated heterocycles. The Morgan fingerprint density at radius 3 is 2.23 bits per heavy atom. The number of nitro benzene ring substituents is 1. The molecule has 1 aromatic carbocycles. The van der Waals surface area contributed by atoms with Crippen LogP contribution in [0.5, 0.6) is 0 Å². The van der Waals surface area contributed by atoms with Crippen LogP contribution in [-0.2, 0) is 9.59 Å². The Labute approximate surface area is 124 Å². The molecule has 7 nitrogen and oxygen atoms in total. The summed E-state index contributed by atoms with van der Waals surface area (Å²) in [6.45, 7) is 0.281. The first kappa shape index (κ1) is 15.8. The molecule has 1 N–H and O–H groups in total. The maximum Gasteiger partial charge on any atom is 0.275 e. The van der Waals surface area contributed by atoms with Crippen molar-refractivity contribution < 1.29 is 23.3 Å². The van der Waals surface area contributed by atoms with Gasteiger partial charge in [0.05, 0.1) is 17.1 Å². The van der Waals surface area contributed by atoms with Gasteiger partial charge in [0.25, 0.3) is 5.69 Å². The Morgan fingerprint density at radius 2 is 1.73 bits per heavy atom. The number of imide groups is 1. The van der Waals surface area contributed by atoms with Gasteiger partial charge in [0.15, 0.2) is 11.6 Å². The van der Waals surface area contributed by atoms with E-state index in [0.717, 1.165) is 4.90 Å². The predicted molar refractivity (Wildman–Crippen MR) is 72.1 cm³/mol. The maximum absolute atomic E-state index is 13.6. The second-order valence-corrected chi connectivity index (χ2v) is 4.76. The van der Waals surface area contributed by atoms with Crippen molar-refractivity contribution in [2.24, 2.45) is 0 Å². The SMILES string of the molecule is O=C1CCC(=O)N1CCCNc1c(F)cc([N+](=O)[O-])cc1F. The van der Waals surface area contributed by atoms with Crippen LogP contribution in [0.25, 0.3) is 0 Å². The third-order valence-electron chi connectivity index (χ3n) is 3.25. The van der Waals surface area contributed by atoms with Crippen LogP contribution in [-0.4, -0.2) is 34.7 Å². The molecule has 2 rings (SSSR count). The monoisotopic (exact) mass is 313 g/mol. The van der Waals surface area contributed by atoms with Crippen molar-refractivity contribution in [3.63, 3.8) is 0 Å². The fourth-order valence-electron chi connectivity index (χ4n) is 2.16. The lowest BCUT2D eigenvalue weighted by Gasteiger charge is -2.14. The van der Waals surface area contributed by atoms with Gasteiger partial charge in [0.2, 0.25) is 11.8 Å². The van der Waals surface area contributed by atoms with Crippen LogP contribution in [0.4, 0.5) is 20.2 Å². The molecule has 0 unspecified atom stereocenters. The fraction of sp³-hybridized carbons (Fsp3) is 0.385. The molecule has 2 amide bonds. The molecule has 1 heterocycles. The van der Waals surface area contributed by atoms with Crippen LogP contribution in [0.15, 0.2) is 12.1 Å². The summed E-state index contributed by atoms with van der Waals surface area (Å²) >= 11 is 0. The van der Waals surface area contributed by atoms with Crippen LogP contribution in [0, 0.1) is 21.7 Å². The smallest absolute Gasteiger partial charge is 0.275 e. The summed E-state index contributed by atoms with van der Waals surface area (Å²) in [7, 11) is 0. The van der Waals surface area contributed by atoms with Gasteiger partial charge in [0, 0.05) is 25.9 Å². The number of non-ortho nitro benzene ring substituents is 1. The lowest BCUT2D eigenvalue weighted by Crippen LogP contribution is -2.31. The Balaban J connectivity index is 1.91. The highest BCUT2D eigenvalue weighted by Gasteiger charge is 2.28. The quantitative estimate of drug-likeness (QED) is 0.374. The minimum absolute atomic E-state index is 0.114. The lowest BCUT2D eigenvalue weighted by atomic mass is 10.2. The van der Waals surface area contributed by atoms with Crippen molar-refractivity contribution in [3.05, 3.63) is 33.9 Å². The molecule has 0 aliphatic carbocycles. The Bertz CT molecular complexity index is 597. The average Bonchev–Trinajstić information content (AvgIpc) is 2.76. The third kappa shape index (κ3) is 3.35. The molecule has 0 radical (unpaired) electrons. The normalized spacial score (nSPS) is 14.5. The van der Waals surface area contributed by atoms with Crippen molar-refractivity contribution in [1.29, 1.82) is 0 Å². The second-order valence-electron chi connectivity index (χ2n) is 4.76. The number of amides is 2. The number of hydrogen-bond acceptors (Lipinski definition) is 5. The first-order valence-electron chi connectivity index (χ1n) is 6.60. The van der Waals surface area contributed by atoms with Crippen molar-refractivity contribution >= 4 is 23.2 Å². The standard InChI is InChI=1S/C13H13F2N3O4/c14-9-6-8(18(21)22)7-10(15)13(9)16-4-1-5-17-11(19)2-3-12(17)20/h6-7,16H,1-5H2. The van der Waals surface area contributed by atoms with Gasteiger partial charge in [-0.1, -0.05) is 0 Å². The number of nitro groups is 1. The number of nitrogens with zero attached hydrogens (tertiary/aromatic N) is 2. The topological polar surface area (TPSA) is 92.6 Å². The van der Waals surface area contributed by atoms with Crippen LogP contribution < -0.4 is 5.32 Å². The first-order valence-corrected chi connectivity index (χ1v) is 6.60. The highest BCUT2D eigenvalue weighted by molar-refractivity contribution is 6.01. The zero-order chi connectivity index (χ0) is 16.3. The predicted octanol–water partition coefficient (Wildman–Crippen LogP) is 1.82. The highest BCUT2D eigenvalue weighted by Crippen LogP contribution is 2.24. The number of hydrogen-bond donors (Lipinski definition) is 1. The van der Waals surface area contributed by atoms with Crippen molar-refractivity contribution in [3.8, 4) is 0 Å². The molecule has 0 atom stereocenters. The van der Waals surface area contributed by atoms with Gasteiger partial charge >= 0.3 is 0 Å². The van der Waals surface area contributed by atoms with Crippen molar-refractivity contribution in [1.82, 2.24) is 4.90 Å². The number of rotatable bonds is 6. The molecule has 0 saturated carbocycles. The van der Waals surface area contributed by atoms with E-state index in [1.807, 2.05) is 0 Å². The number of carbonyl (C=O) groups is 2.